The Balaban J connectivity index is 1.63. The van der Waals surface area contributed by atoms with Gasteiger partial charge in [-0.15, -0.1) is 0 Å². The zero-order chi connectivity index (χ0) is 19.8. The average Bonchev–Trinajstić information content (AvgIpc) is 2.73. The number of carbonyl (C=O) groups is 2. The van der Waals surface area contributed by atoms with Crippen LogP contribution in [0.3, 0.4) is 0 Å². The molecule has 0 bridgehead atoms. The Labute approximate surface area is 164 Å². The van der Waals surface area contributed by atoms with E-state index in [0.717, 1.165) is 17.7 Å². The number of ether oxygens (including phenoxy) is 1. The van der Waals surface area contributed by atoms with Crippen molar-refractivity contribution in [1.29, 1.82) is 0 Å². The van der Waals surface area contributed by atoms with E-state index in [0.29, 0.717) is 17.1 Å². The van der Waals surface area contributed by atoms with Gasteiger partial charge in [0.05, 0.1) is 12.1 Å². The van der Waals surface area contributed by atoms with Crippen LogP contribution in [0.1, 0.15) is 22.8 Å². The molecular formula is C23H22N2O3. The van der Waals surface area contributed by atoms with E-state index >= 15 is 0 Å². The second-order valence-electron chi connectivity index (χ2n) is 6.15. The zero-order valence-electron chi connectivity index (χ0n) is 15.6. The van der Waals surface area contributed by atoms with Gasteiger partial charge in [0, 0.05) is 5.69 Å². The van der Waals surface area contributed by atoms with Gasteiger partial charge in [0.15, 0.2) is 0 Å². The van der Waals surface area contributed by atoms with Crippen LogP contribution in [0.15, 0.2) is 78.9 Å². The molecule has 0 saturated heterocycles. The quantitative estimate of drug-likeness (QED) is 0.644. The topological polar surface area (TPSA) is 67.4 Å². The molecule has 3 aromatic rings. The molecule has 0 aromatic heterocycles. The second kappa shape index (κ2) is 9.37. The predicted octanol–water partition coefficient (Wildman–Crippen LogP) is 4.41. The van der Waals surface area contributed by atoms with Crippen LogP contribution in [0.4, 0.5) is 5.69 Å². The summed E-state index contributed by atoms with van der Waals surface area (Å²) < 4.78 is 5.80. The van der Waals surface area contributed by atoms with E-state index in [1.807, 2.05) is 61.5 Å². The summed E-state index contributed by atoms with van der Waals surface area (Å²) in [6.07, 6.45) is 0.813. The Morgan fingerprint density at radius 1 is 0.857 bits per heavy atom. The molecule has 0 aliphatic heterocycles. The number of benzene rings is 3. The summed E-state index contributed by atoms with van der Waals surface area (Å²) in [5, 5.41) is 5.49. The van der Waals surface area contributed by atoms with Gasteiger partial charge in [-0.3, -0.25) is 9.59 Å². The molecule has 3 rings (SSSR count). The molecule has 2 amide bonds. The maximum atomic E-state index is 12.6. The monoisotopic (exact) mass is 374 g/mol. The number of rotatable bonds is 7. The molecule has 0 aliphatic rings. The molecule has 142 valence electrons. The molecule has 5 nitrogen and oxygen atoms in total. The van der Waals surface area contributed by atoms with E-state index in [1.54, 1.807) is 24.3 Å². The van der Waals surface area contributed by atoms with Gasteiger partial charge in [0.1, 0.15) is 11.5 Å². The van der Waals surface area contributed by atoms with Gasteiger partial charge in [-0.05, 0) is 42.3 Å². The van der Waals surface area contributed by atoms with E-state index in [1.165, 1.54) is 0 Å². The molecule has 5 heteroatoms. The van der Waals surface area contributed by atoms with E-state index in [9.17, 15) is 9.59 Å². The maximum Gasteiger partial charge on any atom is 0.255 e. The fraction of sp³-hybridized carbons (Fsp3) is 0.130. The average molecular weight is 374 g/mol. The highest BCUT2D eigenvalue weighted by atomic mass is 16.5. The van der Waals surface area contributed by atoms with Crippen molar-refractivity contribution in [3.8, 4) is 11.5 Å². The Hall–Kier alpha value is -3.60. The van der Waals surface area contributed by atoms with Gasteiger partial charge < -0.3 is 15.4 Å². The minimum Gasteiger partial charge on any atom is -0.457 e. The third-order valence-electron chi connectivity index (χ3n) is 4.18. The Bertz CT molecular complexity index is 955. The largest absolute Gasteiger partial charge is 0.457 e. The molecule has 0 atom stereocenters. The molecule has 0 heterocycles. The van der Waals surface area contributed by atoms with Crippen LogP contribution in [-0.4, -0.2) is 18.4 Å². The molecule has 0 aliphatic carbocycles. The van der Waals surface area contributed by atoms with Gasteiger partial charge in [-0.2, -0.15) is 0 Å². The van der Waals surface area contributed by atoms with Crippen molar-refractivity contribution < 1.29 is 14.3 Å². The van der Waals surface area contributed by atoms with Crippen LogP contribution in [0.25, 0.3) is 0 Å². The van der Waals surface area contributed by atoms with Crippen molar-refractivity contribution in [2.24, 2.45) is 0 Å². The Morgan fingerprint density at radius 3 is 2.32 bits per heavy atom. The van der Waals surface area contributed by atoms with Gasteiger partial charge in [0.2, 0.25) is 5.91 Å². The van der Waals surface area contributed by atoms with Crippen molar-refractivity contribution in [2.75, 3.05) is 11.9 Å². The number of hydrogen-bond donors (Lipinski definition) is 2. The fourth-order valence-corrected chi connectivity index (χ4v) is 2.76. The molecular weight excluding hydrogens is 352 g/mol. The summed E-state index contributed by atoms with van der Waals surface area (Å²) in [5.74, 6) is 0.417. The zero-order valence-corrected chi connectivity index (χ0v) is 15.6. The number of anilines is 1. The van der Waals surface area contributed by atoms with E-state index in [4.69, 9.17) is 4.74 Å². The highest BCUT2D eigenvalue weighted by Crippen LogP contribution is 2.24. The first-order valence-corrected chi connectivity index (χ1v) is 9.15. The number of nitrogens with one attached hydrogen (secondary N) is 2. The van der Waals surface area contributed by atoms with Crippen LogP contribution >= 0.6 is 0 Å². The molecule has 0 unspecified atom stereocenters. The van der Waals surface area contributed by atoms with Crippen molar-refractivity contribution in [3.05, 3.63) is 90.0 Å². The molecule has 2 N–H and O–H groups in total. The van der Waals surface area contributed by atoms with Crippen molar-refractivity contribution in [2.45, 2.75) is 13.3 Å². The lowest BCUT2D eigenvalue weighted by Crippen LogP contribution is -2.33. The fourth-order valence-electron chi connectivity index (χ4n) is 2.76. The number of para-hydroxylation sites is 3. The highest BCUT2D eigenvalue weighted by molar-refractivity contribution is 6.01. The predicted molar refractivity (Wildman–Crippen MR) is 110 cm³/mol. The molecule has 0 radical (unpaired) electrons. The van der Waals surface area contributed by atoms with Gasteiger partial charge in [-0.25, -0.2) is 0 Å². The summed E-state index contributed by atoms with van der Waals surface area (Å²) in [6.45, 7) is 1.90. The molecule has 3 aromatic carbocycles. The van der Waals surface area contributed by atoms with Gasteiger partial charge >= 0.3 is 0 Å². The first-order valence-electron chi connectivity index (χ1n) is 9.15. The minimum absolute atomic E-state index is 0.128. The Morgan fingerprint density at radius 2 is 1.54 bits per heavy atom. The molecule has 28 heavy (non-hydrogen) atoms. The van der Waals surface area contributed by atoms with Crippen LogP contribution in [0, 0.1) is 0 Å². The summed E-state index contributed by atoms with van der Waals surface area (Å²) >= 11 is 0. The third kappa shape index (κ3) is 4.98. The summed E-state index contributed by atoms with van der Waals surface area (Å²) in [6, 6.07) is 23.8. The molecule has 0 spiro atoms. The molecule has 0 saturated carbocycles. The van der Waals surface area contributed by atoms with Crippen LogP contribution in [0.5, 0.6) is 11.5 Å². The number of amides is 2. The van der Waals surface area contributed by atoms with Gasteiger partial charge in [-0.1, -0.05) is 55.5 Å². The summed E-state index contributed by atoms with van der Waals surface area (Å²) in [5.41, 5.74) is 2.17. The Kier molecular flexibility index (Phi) is 6.41. The van der Waals surface area contributed by atoms with Crippen LogP contribution < -0.4 is 15.4 Å². The first-order chi connectivity index (χ1) is 13.7. The lowest BCUT2D eigenvalue weighted by molar-refractivity contribution is -0.115. The van der Waals surface area contributed by atoms with E-state index in [-0.39, 0.29) is 18.4 Å². The number of carbonyl (C=O) groups excluding carboxylic acids is 2. The van der Waals surface area contributed by atoms with Crippen LogP contribution in [-0.2, 0) is 11.2 Å². The number of aryl methyl sites for hydroxylation is 1. The summed E-state index contributed by atoms with van der Waals surface area (Å²) in [7, 11) is 0. The SMILES string of the molecule is CCc1ccccc1NC(=O)CNC(=O)c1ccccc1Oc1ccccc1. The van der Waals surface area contributed by atoms with Crippen molar-refractivity contribution in [1.82, 2.24) is 5.32 Å². The lowest BCUT2D eigenvalue weighted by Gasteiger charge is -2.12. The third-order valence-corrected chi connectivity index (χ3v) is 4.18. The first kappa shape index (κ1) is 19.2. The van der Waals surface area contributed by atoms with Crippen molar-refractivity contribution >= 4 is 17.5 Å². The van der Waals surface area contributed by atoms with E-state index in [2.05, 4.69) is 10.6 Å². The second-order valence-corrected chi connectivity index (χ2v) is 6.15. The normalized spacial score (nSPS) is 10.2. The lowest BCUT2D eigenvalue weighted by atomic mass is 10.1. The summed E-state index contributed by atoms with van der Waals surface area (Å²) in [4.78, 5) is 24.8. The number of hydrogen-bond acceptors (Lipinski definition) is 3. The standard InChI is InChI=1S/C23H22N2O3/c1-2-17-10-6-8-14-20(17)25-22(26)16-24-23(27)19-13-7-9-15-21(19)28-18-11-4-3-5-12-18/h3-15H,2,16H2,1H3,(H,24,27)(H,25,26). The minimum atomic E-state index is -0.370. The van der Waals surface area contributed by atoms with Crippen molar-refractivity contribution in [3.63, 3.8) is 0 Å². The van der Waals surface area contributed by atoms with Crippen LogP contribution in [0.2, 0.25) is 0 Å². The highest BCUT2D eigenvalue weighted by Gasteiger charge is 2.14. The van der Waals surface area contributed by atoms with Gasteiger partial charge in [0.25, 0.3) is 5.91 Å². The molecule has 0 fully saturated rings. The smallest absolute Gasteiger partial charge is 0.255 e. The maximum absolute atomic E-state index is 12.6. The van der Waals surface area contributed by atoms with E-state index < -0.39 is 0 Å².